The van der Waals surface area contributed by atoms with Gasteiger partial charge in [0, 0.05) is 28.8 Å². The number of anilines is 1. The number of carbonyl (C=O) groups excluding carboxylic acids is 2. The van der Waals surface area contributed by atoms with Crippen LogP contribution in [0.1, 0.15) is 51.8 Å². The summed E-state index contributed by atoms with van der Waals surface area (Å²) in [5, 5.41) is 23.8. The fourth-order valence-corrected chi connectivity index (χ4v) is 7.10. The smallest absolute Gasteiger partial charge is 0.233 e. The summed E-state index contributed by atoms with van der Waals surface area (Å²) >= 11 is 17.1. The van der Waals surface area contributed by atoms with Gasteiger partial charge in [-0.2, -0.15) is 11.8 Å². The van der Waals surface area contributed by atoms with E-state index in [9.17, 15) is 9.59 Å². The zero-order chi connectivity index (χ0) is 27.8. The van der Waals surface area contributed by atoms with Crippen molar-refractivity contribution in [3.8, 4) is 0 Å². The molecule has 4 aromatic rings. The van der Waals surface area contributed by atoms with E-state index in [4.69, 9.17) is 23.2 Å². The van der Waals surface area contributed by atoms with Gasteiger partial charge in [0.25, 0.3) is 0 Å². The van der Waals surface area contributed by atoms with Gasteiger partial charge >= 0.3 is 0 Å². The molecule has 0 saturated heterocycles. The molecular formula is C27H27Cl2N5O2S3. The van der Waals surface area contributed by atoms with E-state index in [1.165, 1.54) is 22.7 Å². The fourth-order valence-electron chi connectivity index (χ4n) is 3.77. The molecule has 0 spiro atoms. The number of thioether (sulfide) groups is 1. The quantitative estimate of drug-likeness (QED) is 0.163. The monoisotopic (exact) mass is 619 g/mol. The molecule has 0 aliphatic heterocycles. The fraction of sp³-hybridized carbons (Fsp3) is 0.333. The maximum atomic E-state index is 12.7. The van der Waals surface area contributed by atoms with Crippen molar-refractivity contribution >= 4 is 74.5 Å². The van der Waals surface area contributed by atoms with Gasteiger partial charge in [0.05, 0.1) is 12.3 Å². The Labute approximate surface area is 249 Å². The van der Waals surface area contributed by atoms with Gasteiger partial charge in [-0.3, -0.25) is 9.59 Å². The molecule has 0 saturated carbocycles. The van der Waals surface area contributed by atoms with Crippen molar-refractivity contribution in [2.45, 2.75) is 44.9 Å². The van der Waals surface area contributed by atoms with Crippen molar-refractivity contribution in [3.63, 3.8) is 0 Å². The Kier molecular flexibility index (Phi) is 10.9. The van der Waals surface area contributed by atoms with Gasteiger partial charge in [-0.15, -0.1) is 31.7 Å². The molecule has 0 bridgehead atoms. The molecule has 0 aliphatic carbocycles. The van der Waals surface area contributed by atoms with Gasteiger partial charge < -0.3 is 5.32 Å². The van der Waals surface area contributed by atoms with Crippen LogP contribution in [0.5, 0.6) is 0 Å². The number of rotatable bonds is 13. The Morgan fingerprint density at radius 3 is 1.97 bits per heavy atom. The van der Waals surface area contributed by atoms with Gasteiger partial charge in [0.15, 0.2) is 0 Å². The average molecular weight is 621 g/mol. The first-order chi connectivity index (χ1) is 18.8. The predicted molar refractivity (Wildman–Crippen MR) is 162 cm³/mol. The predicted octanol–water partition coefficient (Wildman–Crippen LogP) is 6.87. The molecule has 2 heterocycles. The largest absolute Gasteiger partial charge is 0.300 e. The highest BCUT2D eigenvalue weighted by Crippen LogP contribution is 2.28. The second-order valence-corrected chi connectivity index (χ2v) is 13.1. The number of nitrogens with one attached hydrogen (secondary N) is 1. The van der Waals surface area contributed by atoms with Crippen LogP contribution < -0.4 is 5.32 Å². The highest BCUT2D eigenvalue weighted by Gasteiger charge is 2.21. The van der Waals surface area contributed by atoms with Crippen LogP contribution in [0.2, 0.25) is 10.0 Å². The summed E-state index contributed by atoms with van der Waals surface area (Å²) in [6.45, 7) is 3.69. The minimum absolute atomic E-state index is 0.0751. The van der Waals surface area contributed by atoms with Crippen molar-refractivity contribution in [1.82, 2.24) is 20.4 Å². The Balaban J connectivity index is 1.16. The molecule has 0 radical (unpaired) electrons. The summed E-state index contributed by atoms with van der Waals surface area (Å²) in [5.41, 5.74) is 1.61. The summed E-state index contributed by atoms with van der Waals surface area (Å²) < 4.78 is 0. The number of benzene rings is 2. The van der Waals surface area contributed by atoms with Crippen LogP contribution >= 0.6 is 57.6 Å². The minimum Gasteiger partial charge on any atom is -0.300 e. The SMILES string of the molecule is CC(C(=O)Cc1nnc(CCSCCc2nnc(NC(=O)C(C)c3ccccc3Cl)s2)s1)c1ccccc1Cl. The number of amides is 1. The molecular weight excluding hydrogens is 593 g/mol. The summed E-state index contributed by atoms with van der Waals surface area (Å²) in [5.74, 6) is 0.977. The van der Waals surface area contributed by atoms with Crippen molar-refractivity contribution in [2.24, 2.45) is 0 Å². The maximum absolute atomic E-state index is 12.7. The summed E-state index contributed by atoms with van der Waals surface area (Å²) in [6.07, 6.45) is 1.80. The van der Waals surface area contributed by atoms with E-state index in [2.05, 4.69) is 25.7 Å². The highest BCUT2D eigenvalue weighted by atomic mass is 35.5. The molecule has 204 valence electrons. The van der Waals surface area contributed by atoms with Gasteiger partial charge in [-0.25, -0.2) is 0 Å². The van der Waals surface area contributed by atoms with E-state index in [1.54, 1.807) is 23.9 Å². The van der Waals surface area contributed by atoms with Gasteiger partial charge in [0.2, 0.25) is 11.0 Å². The third-order valence-electron chi connectivity index (χ3n) is 6.07. The first-order valence-electron chi connectivity index (χ1n) is 12.4. The average Bonchev–Trinajstić information content (AvgIpc) is 3.57. The molecule has 2 aromatic carbocycles. The van der Waals surface area contributed by atoms with E-state index in [-0.39, 0.29) is 24.0 Å². The number of ketones is 1. The number of hydrogen-bond donors (Lipinski definition) is 1. The molecule has 7 nitrogen and oxygen atoms in total. The third-order valence-corrected chi connectivity index (χ3v) is 9.63. The molecule has 2 atom stereocenters. The summed E-state index contributed by atoms with van der Waals surface area (Å²) in [7, 11) is 0. The lowest BCUT2D eigenvalue weighted by molar-refractivity contribution is -0.119. The van der Waals surface area contributed by atoms with Crippen molar-refractivity contribution in [1.29, 1.82) is 0 Å². The Bertz CT molecular complexity index is 1320. The molecule has 0 fully saturated rings. The van der Waals surface area contributed by atoms with Crippen LogP contribution in [-0.2, 0) is 28.9 Å². The molecule has 0 aliphatic rings. The number of halogens is 2. The lowest BCUT2D eigenvalue weighted by Crippen LogP contribution is -2.19. The van der Waals surface area contributed by atoms with E-state index < -0.39 is 5.92 Å². The Morgan fingerprint density at radius 1 is 0.795 bits per heavy atom. The van der Waals surface area contributed by atoms with Crippen LogP contribution in [0.15, 0.2) is 48.5 Å². The van der Waals surface area contributed by atoms with Crippen molar-refractivity contribution in [2.75, 3.05) is 16.8 Å². The van der Waals surface area contributed by atoms with E-state index in [1.807, 2.05) is 50.2 Å². The maximum Gasteiger partial charge on any atom is 0.233 e. The molecule has 2 unspecified atom stereocenters. The minimum atomic E-state index is -0.397. The Hall–Kier alpha value is -2.37. The van der Waals surface area contributed by atoms with Crippen LogP contribution in [-0.4, -0.2) is 43.6 Å². The molecule has 2 aromatic heterocycles. The molecule has 4 rings (SSSR count). The highest BCUT2D eigenvalue weighted by molar-refractivity contribution is 7.99. The van der Waals surface area contributed by atoms with E-state index in [0.29, 0.717) is 15.2 Å². The molecule has 1 amide bonds. The lowest BCUT2D eigenvalue weighted by atomic mass is 9.95. The number of carbonyl (C=O) groups is 2. The first-order valence-corrected chi connectivity index (χ1v) is 15.9. The summed E-state index contributed by atoms with van der Waals surface area (Å²) in [6, 6.07) is 14.7. The van der Waals surface area contributed by atoms with E-state index in [0.717, 1.165) is 50.5 Å². The van der Waals surface area contributed by atoms with Gasteiger partial charge in [-0.1, -0.05) is 77.9 Å². The van der Waals surface area contributed by atoms with Crippen molar-refractivity contribution in [3.05, 3.63) is 84.7 Å². The number of hydrogen-bond acceptors (Lipinski definition) is 9. The Morgan fingerprint density at radius 2 is 1.33 bits per heavy atom. The number of nitrogens with zero attached hydrogens (tertiary/aromatic N) is 4. The normalized spacial score (nSPS) is 12.7. The first kappa shape index (κ1) is 29.6. The van der Waals surface area contributed by atoms with E-state index >= 15 is 0 Å². The zero-order valence-corrected chi connectivity index (χ0v) is 25.4. The number of aromatic nitrogens is 4. The van der Waals surface area contributed by atoms with Crippen LogP contribution in [0, 0.1) is 0 Å². The lowest BCUT2D eigenvalue weighted by Gasteiger charge is -2.12. The van der Waals surface area contributed by atoms with Gasteiger partial charge in [-0.05, 0) is 41.7 Å². The molecule has 12 heteroatoms. The molecule has 39 heavy (non-hydrogen) atoms. The second-order valence-electron chi connectivity index (χ2n) is 8.82. The third kappa shape index (κ3) is 8.31. The molecule has 1 N–H and O–H groups in total. The number of aryl methyl sites for hydroxylation is 2. The van der Waals surface area contributed by atoms with Crippen LogP contribution in [0.3, 0.4) is 0 Å². The number of Topliss-reactive ketones (excluding diaryl/α,β-unsaturated/α-hetero) is 1. The topological polar surface area (TPSA) is 97.7 Å². The van der Waals surface area contributed by atoms with Crippen LogP contribution in [0.25, 0.3) is 0 Å². The second kappa shape index (κ2) is 14.3. The van der Waals surface area contributed by atoms with Crippen LogP contribution in [0.4, 0.5) is 5.13 Å². The summed E-state index contributed by atoms with van der Waals surface area (Å²) in [4.78, 5) is 25.3. The van der Waals surface area contributed by atoms with Crippen molar-refractivity contribution < 1.29 is 9.59 Å². The van der Waals surface area contributed by atoms with Gasteiger partial charge in [0.1, 0.15) is 20.8 Å². The standard InChI is InChI=1S/C27H27Cl2N5O2S3/c1-16(18-7-3-5-9-20(18)28)22(35)15-25-33-31-23(38-25)11-13-37-14-12-24-32-34-27(39-24)30-26(36)17(2)19-8-4-6-10-21(19)29/h3-10,16-17H,11-15H2,1-2H3,(H,30,34,36). The zero-order valence-electron chi connectivity index (χ0n) is 21.4.